The van der Waals surface area contributed by atoms with Crippen molar-refractivity contribution in [1.82, 2.24) is 4.98 Å². The number of benzene rings is 4. The van der Waals surface area contributed by atoms with E-state index in [1.807, 2.05) is 18.2 Å². The van der Waals surface area contributed by atoms with Crippen LogP contribution in [-0.2, 0) is 6.16 Å². The standard InChI is InChI=1S/C33H27NOP/c35-25-30-15-11-14-29(34-30)23-22-27-12-10-13-28(24-27)26-36(31-16-4-1-5-17-31,32-18-6-2-7-19-32)33-20-8-3-9-21-33/h1-25H,26H2/q+1/b23-22-. The van der Waals surface area contributed by atoms with Crippen LogP contribution in [0.15, 0.2) is 133 Å². The van der Waals surface area contributed by atoms with E-state index in [9.17, 15) is 4.79 Å². The lowest BCUT2D eigenvalue weighted by Crippen LogP contribution is -2.32. The first-order valence-electron chi connectivity index (χ1n) is 12.0. The summed E-state index contributed by atoms with van der Waals surface area (Å²) in [4.78, 5) is 15.4. The van der Waals surface area contributed by atoms with Gasteiger partial charge in [0.2, 0.25) is 0 Å². The quantitative estimate of drug-likeness (QED) is 0.184. The van der Waals surface area contributed by atoms with Gasteiger partial charge in [-0.15, -0.1) is 0 Å². The zero-order valence-corrected chi connectivity index (χ0v) is 20.8. The van der Waals surface area contributed by atoms with Crippen LogP contribution in [0, 0.1) is 0 Å². The van der Waals surface area contributed by atoms with Crippen LogP contribution < -0.4 is 15.9 Å². The Morgan fingerprint density at radius 3 is 1.64 bits per heavy atom. The summed E-state index contributed by atoms with van der Waals surface area (Å²) < 4.78 is 0. The van der Waals surface area contributed by atoms with Crippen molar-refractivity contribution in [3.05, 3.63) is 156 Å². The van der Waals surface area contributed by atoms with Crippen LogP contribution in [0.3, 0.4) is 0 Å². The molecule has 0 aliphatic heterocycles. The SMILES string of the molecule is O=Cc1cccc(/C=C\c2cccc(C[P+](c3ccccc3)(c3ccccc3)c3ccccc3)c2)n1. The Hall–Kier alpha value is -4.13. The third-order valence-electron chi connectivity index (χ3n) is 6.32. The van der Waals surface area contributed by atoms with Crippen LogP contribution >= 0.6 is 7.26 Å². The van der Waals surface area contributed by atoms with Crippen molar-refractivity contribution in [3.8, 4) is 0 Å². The molecule has 3 heteroatoms. The zero-order valence-electron chi connectivity index (χ0n) is 19.9. The van der Waals surface area contributed by atoms with E-state index < -0.39 is 7.26 Å². The summed E-state index contributed by atoms with van der Waals surface area (Å²) in [6.07, 6.45) is 5.72. The number of carbonyl (C=O) groups excluding carboxylic acids is 1. The predicted octanol–water partition coefficient (Wildman–Crippen LogP) is 6.56. The monoisotopic (exact) mass is 484 g/mol. The Morgan fingerprint density at radius 2 is 1.08 bits per heavy atom. The molecule has 5 rings (SSSR count). The number of rotatable bonds is 8. The number of aldehydes is 1. The average molecular weight is 485 g/mol. The molecule has 1 aromatic heterocycles. The van der Waals surface area contributed by atoms with Crippen LogP contribution in [0.2, 0.25) is 0 Å². The van der Waals surface area contributed by atoms with Crippen molar-refractivity contribution in [1.29, 1.82) is 0 Å². The van der Waals surface area contributed by atoms with Crippen molar-refractivity contribution in [3.63, 3.8) is 0 Å². The maximum absolute atomic E-state index is 11.1. The van der Waals surface area contributed by atoms with Crippen LogP contribution in [0.4, 0.5) is 0 Å². The summed E-state index contributed by atoms with van der Waals surface area (Å²) >= 11 is 0. The molecular formula is C33H27NOP+. The summed E-state index contributed by atoms with van der Waals surface area (Å²) in [5.41, 5.74) is 3.61. The molecule has 0 fully saturated rings. The lowest BCUT2D eigenvalue weighted by Gasteiger charge is -2.28. The molecule has 0 atom stereocenters. The van der Waals surface area contributed by atoms with Crippen LogP contribution in [0.25, 0.3) is 12.2 Å². The smallest absolute Gasteiger partial charge is 0.168 e. The van der Waals surface area contributed by atoms with Gasteiger partial charge in [-0.25, -0.2) is 4.98 Å². The second-order valence-corrected chi connectivity index (χ2v) is 12.1. The molecule has 1 heterocycles. The molecule has 2 nitrogen and oxygen atoms in total. The molecule has 0 saturated heterocycles. The van der Waals surface area contributed by atoms with Crippen molar-refractivity contribution in [2.24, 2.45) is 0 Å². The highest BCUT2D eigenvalue weighted by atomic mass is 31.2. The molecule has 5 aromatic rings. The Bertz CT molecular complexity index is 1370. The van der Waals surface area contributed by atoms with Gasteiger partial charge in [-0.2, -0.15) is 0 Å². The van der Waals surface area contributed by atoms with E-state index >= 15 is 0 Å². The second-order valence-electron chi connectivity index (χ2n) is 8.66. The molecule has 36 heavy (non-hydrogen) atoms. The van der Waals surface area contributed by atoms with E-state index in [0.717, 1.165) is 23.7 Å². The number of aromatic nitrogens is 1. The van der Waals surface area contributed by atoms with E-state index in [4.69, 9.17) is 0 Å². The van der Waals surface area contributed by atoms with Gasteiger partial charge >= 0.3 is 0 Å². The lowest BCUT2D eigenvalue weighted by molar-refractivity contribution is 0.111. The maximum Gasteiger partial charge on any atom is 0.168 e. The van der Waals surface area contributed by atoms with Crippen LogP contribution in [0.1, 0.15) is 27.3 Å². The Kier molecular flexibility index (Phi) is 7.26. The summed E-state index contributed by atoms with van der Waals surface area (Å²) in [6, 6.07) is 47.0. The highest BCUT2D eigenvalue weighted by Gasteiger charge is 2.45. The molecule has 0 bridgehead atoms. The fourth-order valence-corrected chi connectivity index (χ4v) is 8.88. The molecule has 4 aromatic carbocycles. The summed E-state index contributed by atoms with van der Waals surface area (Å²) in [6.45, 7) is 0. The van der Waals surface area contributed by atoms with Gasteiger partial charge in [-0.1, -0.05) is 84.9 Å². The third kappa shape index (κ3) is 5.10. The van der Waals surface area contributed by atoms with Crippen molar-refractivity contribution in [2.45, 2.75) is 6.16 Å². The van der Waals surface area contributed by atoms with E-state index in [-0.39, 0.29) is 0 Å². The molecular weight excluding hydrogens is 457 g/mol. The number of nitrogens with zero attached hydrogens (tertiary/aromatic N) is 1. The molecule has 0 saturated carbocycles. The van der Waals surface area contributed by atoms with E-state index in [1.54, 1.807) is 6.07 Å². The van der Waals surface area contributed by atoms with Gasteiger partial charge in [0.05, 0.1) is 11.9 Å². The topological polar surface area (TPSA) is 30.0 Å². The Morgan fingerprint density at radius 1 is 0.556 bits per heavy atom. The van der Waals surface area contributed by atoms with Gasteiger partial charge in [-0.3, -0.25) is 4.79 Å². The molecule has 0 N–H and O–H groups in total. The minimum atomic E-state index is -1.96. The number of hydrogen-bond donors (Lipinski definition) is 0. The molecule has 0 aliphatic carbocycles. The zero-order chi connectivity index (χ0) is 24.6. The van der Waals surface area contributed by atoms with E-state index in [1.165, 1.54) is 21.5 Å². The van der Waals surface area contributed by atoms with E-state index in [2.05, 4.69) is 126 Å². The minimum Gasteiger partial charge on any atom is -0.296 e. The highest BCUT2D eigenvalue weighted by molar-refractivity contribution is 7.95. The van der Waals surface area contributed by atoms with Gasteiger partial charge in [0, 0.05) is 0 Å². The summed E-state index contributed by atoms with van der Waals surface area (Å²) in [7, 11) is -1.96. The van der Waals surface area contributed by atoms with Crippen LogP contribution in [-0.4, -0.2) is 11.3 Å². The second kappa shape index (κ2) is 11.1. The molecule has 0 spiro atoms. The lowest BCUT2D eigenvalue weighted by atomic mass is 10.1. The number of carbonyl (C=O) groups is 1. The third-order valence-corrected chi connectivity index (χ3v) is 10.7. The largest absolute Gasteiger partial charge is 0.296 e. The highest BCUT2D eigenvalue weighted by Crippen LogP contribution is 2.58. The van der Waals surface area contributed by atoms with Gasteiger partial charge in [0.15, 0.2) is 6.29 Å². The molecule has 0 aliphatic rings. The summed E-state index contributed by atoms with van der Waals surface area (Å²) in [5, 5.41) is 4.12. The number of hydrogen-bond acceptors (Lipinski definition) is 2. The number of pyridine rings is 1. The minimum absolute atomic E-state index is 0.439. The molecule has 0 amide bonds. The Labute approximate surface area is 213 Å². The fraction of sp³-hybridized carbons (Fsp3) is 0.0303. The molecule has 174 valence electrons. The van der Waals surface area contributed by atoms with Gasteiger partial charge in [0.25, 0.3) is 0 Å². The average Bonchev–Trinajstić information content (AvgIpc) is 2.96. The first kappa shape index (κ1) is 23.6. The van der Waals surface area contributed by atoms with Crippen molar-refractivity contribution in [2.75, 3.05) is 0 Å². The van der Waals surface area contributed by atoms with Crippen LogP contribution in [0.5, 0.6) is 0 Å². The first-order chi connectivity index (χ1) is 17.8. The van der Waals surface area contributed by atoms with Gasteiger partial charge in [0.1, 0.15) is 28.9 Å². The van der Waals surface area contributed by atoms with Crippen molar-refractivity contribution < 1.29 is 4.79 Å². The Balaban J connectivity index is 1.59. The maximum atomic E-state index is 11.1. The van der Waals surface area contributed by atoms with Crippen molar-refractivity contribution >= 4 is 41.6 Å². The fourth-order valence-electron chi connectivity index (χ4n) is 4.65. The van der Waals surface area contributed by atoms with E-state index in [0.29, 0.717) is 5.69 Å². The molecule has 0 unspecified atom stereocenters. The normalized spacial score (nSPS) is 11.4. The van der Waals surface area contributed by atoms with Gasteiger partial charge in [-0.05, 0) is 71.8 Å². The van der Waals surface area contributed by atoms with Gasteiger partial charge < -0.3 is 0 Å². The summed E-state index contributed by atoms with van der Waals surface area (Å²) in [5.74, 6) is 0. The molecule has 0 radical (unpaired) electrons. The first-order valence-corrected chi connectivity index (χ1v) is 14.0. The predicted molar refractivity (Wildman–Crippen MR) is 154 cm³/mol.